The second-order valence-corrected chi connectivity index (χ2v) is 1.50. The molecule has 0 aliphatic rings. The Bertz CT molecular complexity index is 53.2. The maximum Gasteiger partial charge on any atom is 0.197 e. The van der Waals surface area contributed by atoms with Crippen molar-refractivity contribution in [3.8, 4) is 0 Å². The van der Waals surface area contributed by atoms with Gasteiger partial charge in [0.05, 0.1) is 14.2 Å². The second kappa shape index (κ2) is 3.02. The van der Waals surface area contributed by atoms with Gasteiger partial charge < -0.3 is 0 Å². The van der Waals surface area contributed by atoms with Crippen molar-refractivity contribution in [3.63, 3.8) is 0 Å². The molecule has 3 nitrogen and oxygen atoms in total. The van der Waals surface area contributed by atoms with Crippen LogP contribution in [0.15, 0.2) is 0 Å². The Morgan fingerprint density at radius 3 is 1.75 bits per heavy atom. The van der Waals surface area contributed by atoms with Crippen LogP contribution in [0, 0.1) is 7.05 Å². The van der Waals surface area contributed by atoms with Crippen molar-refractivity contribution >= 4 is 0 Å². The predicted molar refractivity (Wildman–Crippen MR) is 30.2 cm³/mol. The first-order chi connectivity index (χ1) is 3.68. The third-order valence-corrected chi connectivity index (χ3v) is 1.15. The fraction of sp³-hybridized carbons (Fsp3) is 0.800. The SMILES string of the molecule is [CH2][N+](CC)(OC)OC. The Labute approximate surface area is 50.3 Å². The van der Waals surface area contributed by atoms with Crippen LogP contribution in [-0.2, 0) is 9.68 Å². The molecule has 0 amide bonds. The first-order valence-corrected chi connectivity index (χ1v) is 2.52. The average Bonchev–Trinajstić information content (AvgIpc) is 1.87. The second-order valence-electron chi connectivity index (χ2n) is 1.50. The maximum atomic E-state index is 4.84. The summed E-state index contributed by atoms with van der Waals surface area (Å²) in [6.07, 6.45) is 0. The normalized spacial score (nSPS) is 12.0. The zero-order chi connectivity index (χ0) is 6.62. The van der Waals surface area contributed by atoms with Gasteiger partial charge in [-0.25, -0.2) is 0 Å². The molecule has 0 rings (SSSR count). The largest absolute Gasteiger partial charge is 0.197 e. The van der Waals surface area contributed by atoms with Gasteiger partial charge in [0.2, 0.25) is 0 Å². The van der Waals surface area contributed by atoms with E-state index in [0.717, 1.165) is 0 Å². The molecule has 3 heteroatoms. The van der Waals surface area contributed by atoms with Gasteiger partial charge in [0.15, 0.2) is 7.05 Å². The summed E-state index contributed by atoms with van der Waals surface area (Å²) in [7, 11) is 6.73. The number of hydrogen-bond acceptors (Lipinski definition) is 2. The predicted octanol–water partition coefficient (Wildman–Crippen LogP) is 0.737. The summed E-state index contributed by atoms with van der Waals surface area (Å²) in [5.41, 5.74) is 0. The lowest BCUT2D eigenvalue weighted by Crippen LogP contribution is -2.38. The molecule has 0 unspecified atom stereocenters. The smallest absolute Gasteiger partial charge is 0.171 e. The van der Waals surface area contributed by atoms with Crippen LogP contribution >= 0.6 is 0 Å². The standard InChI is InChI=1S/C5H13NO2/c1-5-6(2,7-3)8-4/h2,5H2,1,3-4H3/q+1. The fourth-order valence-electron chi connectivity index (χ4n) is 0.333. The molecular formula is C5H13NO2+. The number of rotatable bonds is 3. The molecule has 0 aliphatic carbocycles. The van der Waals surface area contributed by atoms with Crippen molar-refractivity contribution in [2.75, 3.05) is 20.8 Å². The van der Waals surface area contributed by atoms with Crippen molar-refractivity contribution in [2.45, 2.75) is 6.92 Å². The fourth-order valence-corrected chi connectivity index (χ4v) is 0.333. The minimum absolute atomic E-state index is 0.0417. The van der Waals surface area contributed by atoms with Crippen molar-refractivity contribution in [2.24, 2.45) is 0 Å². The average molecular weight is 119 g/mol. The number of nitrogens with zero attached hydrogens (tertiary/aromatic N) is 1. The summed E-state index contributed by atoms with van der Waals surface area (Å²) >= 11 is 0. The molecule has 8 heavy (non-hydrogen) atoms. The highest BCUT2D eigenvalue weighted by Crippen LogP contribution is 2.01. The molecule has 49 valence electrons. The molecule has 0 fully saturated rings. The molecule has 0 saturated carbocycles. The zero-order valence-corrected chi connectivity index (χ0v) is 5.68. The summed E-state index contributed by atoms with van der Waals surface area (Å²) in [6, 6.07) is 0. The number of quaternary nitrogens is 1. The van der Waals surface area contributed by atoms with Crippen molar-refractivity contribution < 1.29 is 14.5 Å². The van der Waals surface area contributed by atoms with Crippen LogP contribution in [0.25, 0.3) is 0 Å². The molecule has 1 radical (unpaired) electrons. The van der Waals surface area contributed by atoms with Gasteiger partial charge in [0.25, 0.3) is 0 Å². The Balaban J connectivity index is 3.58. The van der Waals surface area contributed by atoms with Gasteiger partial charge in [-0.3, -0.25) is 0 Å². The summed E-state index contributed by atoms with van der Waals surface area (Å²) in [4.78, 5) is 9.64. The summed E-state index contributed by atoms with van der Waals surface area (Å²) in [5, 5.41) is 0. The van der Waals surface area contributed by atoms with Gasteiger partial charge in [-0.05, 0) is 11.7 Å². The minimum atomic E-state index is -0.0417. The highest BCUT2D eigenvalue weighted by molar-refractivity contribution is 4.04. The van der Waals surface area contributed by atoms with Crippen LogP contribution in [0.1, 0.15) is 6.92 Å². The van der Waals surface area contributed by atoms with E-state index in [-0.39, 0.29) is 4.81 Å². The van der Waals surface area contributed by atoms with Crippen molar-refractivity contribution in [1.82, 2.24) is 0 Å². The molecule has 0 aromatic rings. The van der Waals surface area contributed by atoms with Crippen molar-refractivity contribution in [3.05, 3.63) is 7.05 Å². The molecule has 0 heterocycles. The molecule has 0 spiro atoms. The van der Waals surface area contributed by atoms with E-state index in [0.29, 0.717) is 6.54 Å². The van der Waals surface area contributed by atoms with Crippen LogP contribution in [-0.4, -0.2) is 25.6 Å². The molecule has 0 bridgehead atoms. The van der Waals surface area contributed by atoms with E-state index in [4.69, 9.17) is 9.68 Å². The van der Waals surface area contributed by atoms with E-state index in [1.165, 1.54) is 0 Å². The molecule has 0 aliphatic heterocycles. The van der Waals surface area contributed by atoms with Crippen LogP contribution in [0.3, 0.4) is 0 Å². The van der Waals surface area contributed by atoms with Gasteiger partial charge >= 0.3 is 0 Å². The summed E-state index contributed by atoms with van der Waals surface area (Å²) in [5.74, 6) is 0. The van der Waals surface area contributed by atoms with E-state index in [1.807, 2.05) is 6.92 Å². The molecule has 0 aromatic heterocycles. The molecule has 0 aromatic carbocycles. The lowest BCUT2D eigenvalue weighted by Gasteiger charge is -2.22. The zero-order valence-electron chi connectivity index (χ0n) is 5.68. The summed E-state index contributed by atoms with van der Waals surface area (Å²) in [6.45, 7) is 2.63. The van der Waals surface area contributed by atoms with E-state index >= 15 is 0 Å². The molecule has 0 saturated heterocycles. The molecule has 0 N–H and O–H groups in total. The quantitative estimate of drug-likeness (QED) is 0.403. The Hall–Kier alpha value is -0.120. The first-order valence-electron chi connectivity index (χ1n) is 2.52. The number of hydrogen-bond donors (Lipinski definition) is 0. The lowest BCUT2D eigenvalue weighted by atomic mass is 10.7. The van der Waals surface area contributed by atoms with Gasteiger partial charge in [-0.2, -0.15) is 9.68 Å². The maximum absolute atomic E-state index is 4.84. The monoisotopic (exact) mass is 119 g/mol. The van der Waals surface area contributed by atoms with Crippen LogP contribution < -0.4 is 0 Å². The third-order valence-electron chi connectivity index (χ3n) is 1.15. The van der Waals surface area contributed by atoms with Gasteiger partial charge in [0.1, 0.15) is 6.54 Å². The first kappa shape index (κ1) is 7.88. The number of hydroxylamine groups is 4. The van der Waals surface area contributed by atoms with Crippen molar-refractivity contribution in [1.29, 1.82) is 0 Å². The van der Waals surface area contributed by atoms with Crippen LogP contribution in [0.4, 0.5) is 0 Å². The van der Waals surface area contributed by atoms with Crippen LogP contribution in [0.2, 0.25) is 0 Å². The Kier molecular flexibility index (Phi) is 2.97. The highest BCUT2D eigenvalue weighted by atomic mass is 17.0. The summed E-state index contributed by atoms with van der Waals surface area (Å²) < 4.78 is 0. The Morgan fingerprint density at radius 2 is 1.75 bits per heavy atom. The van der Waals surface area contributed by atoms with Gasteiger partial charge in [-0.15, -0.1) is 0 Å². The topological polar surface area (TPSA) is 18.5 Å². The van der Waals surface area contributed by atoms with Gasteiger partial charge in [-0.1, -0.05) is 0 Å². The highest BCUT2D eigenvalue weighted by Gasteiger charge is 2.18. The Morgan fingerprint density at radius 1 is 1.38 bits per heavy atom. The van der Waals surface area contributed by atoms with E-state index in [2.05, 4.69) is 7.05 Å². The minimum Gasteiger partial charge on any atom is -0.171 e. The van der Waals surface area contributed by atoms with E-state index < -0.39 is 0 Å². The lowest BCUT2D eigenvalue weighted by molar-refractivity contribution is -1.21. The molecular weight excluding hydrogens is 106 g/mol. The van der Waals surface area contributed by atoms with E-state index in [1.54, 1.807) is 14.2 Å². The van der Waals surface area contributed by atoms with Gasteiger partial charge in [0, 0.05) is 0 Å². The van der Waals surface area contributed by atoms with E-state index in [9.17, 15) is 0 Å². The third kappa shape index (κ3) is 1.78. The molecule has 0 atom stereocenters. The van der Waals surface area contributed by atoms with Crippen LogP contribution in [0.5, 0.6) is 0 Å².